The molecule has 0 aromatic heterocycles. The van der Waals surface area contributed by atoms with E-state index in [1.54, 1.807) is 60.7 Å². The average Bonchev–Trinajstić information content (AvgIpc) is 1.74. The van der Waals surface area contributed by atoms with E-state index in [4.69, 9.17) is 40.1 Å². The van der Waals surface area contributed by atoms with Crippen LogP contribution in [0.15, 0.2) is 65.7 Å². The van der Waals surface area contributed by atoms with Crippen molar-refractivity contribution in [2.24, 2.45) is 51.0 Å². The van der Waals surface area contributed by atoms with E-state index in [-0.39, 0.29) is 83.0 Å². The topological polar surface area (TPSA) is 519 Å². The largest absolute Gasteiger partial charge is 0.370 e. The van der Waals surface area contributed by atoms with Gasteiger partial charge in [-0.05, 0) is 119 Å². The van der Waals surface area contributed by atoms with Crippen LogP contribution in [0.25, 0.3) is 0 Å². The summed E-state index contributed by atoms with van der Waals surface area (Å²) in [5.41, 5.74) is 40.6. The fourth-order valence-electron chi connectivity index (χ4n) is 11.0. The maximum atomic E-state index is 14.7. The summed E-state index contributed by atoms with van der Waals surface area (Å²) >= 11 is 1.45. The summed E-state index contributed by atoms with van der Waals surface area (Å²) in [6, 6.07) is 4.51. The van der Waals surface area contributed by atoms with Gasteiger partial charge in [0, 0.05) is 45.3 Å². The van der Waals surface area contributed by atoms with Gasteiger partial charge in [-0.1, -0.05) is 74.5 Å². The van der Waals surface area contributed by atoms with Crippen molar-refractivity contribution in [2.45, 2.75) is 183 Å². The number of aliphatic imine (C=N–C) groups is 1. The van der Waals surface area contributed by atoms with Crippen LogP contribution in [0.3, 0.4) is 0 Å². The molecule has 10 atom stereocenters. The molecule has 2 aromatic carbocycles. The van der Waals surface area contributed by atoms with Crippen molar-refractivity contribution in [1.29, 1.82) is 0 Å². The van der Waals surface area contributed by atoms with E-state index in [9.17, 15) is 62.3 Å². The van der Waals surface area contributed by atoms with Crippen LogP contribution in [0.4, 0.5) is 0 Å². The van der Waals surface area contributed by atoms with E-state index in [1.807, 2.05) is 20.1 Å². The number of unbranched alkanes of at least 4 members (excludes halogenated alkanes) is 1. The highest BCUT2D eigenvalue weighted by molar-refractivity contribution is 7.98. The van der Waals surface area contributed by atoms with Crippen LogP contribution in [-0.4, -0.2) is 198 Å². The summed E-state index contributed by atoms with van der Waals surface area (Å²) in [6.45, 7) is 3.86. The van der Waals surface area contributed by atoms with Crippen LogP contribution in [0.1, 0.15) is 121 Å². The maximum Gasteiger partial charge on any atom is 0.245 e. The molecule has 0 spiro atoms. The van der Waals surface area contributed by atoms with Crippen molar-refractivity contribution in [3.8, 4) is 0 Å². The molecule has 0 saturated carbocycles. The highest BCUT2D eigenvalue weighted by Crippen LogP contribution is 2.24. The molecule has 2 aliphatic rings. The van der Waals surface area contributed by atoms with Gasteiger partial charge in [-0.15, -0.1) is 0 Å². The molecule has 2 saturated heterocycles. The second-order valence-corrected chi connectivity index (χ2v) is 25.1. The number of thioether (sulfide) groups is 1. The summed E-state index contributed by atoms with van der Waals surface area (Å²) in [4.78, 5) is 185. The number of amides is 13. The third-order valence-corrected chi connectivity index (χ3v) is 16.7. The fraction of sp³-hybridized carbons (Fsp3) is 0.587. The average molecular weight is 1350 g/mol. The lowest BCUT2D eigenvalue weighted by molar-refractivity contribution is -0.144. The smallest absolute Gasteiger partial charge is 0.245 e. The Morgan fingerprint density at radius 2 is 1.01 bits per heavy atom. The van der Waals surface area contributed by atoms with Crippen molar-refractivity contribution < 1.29 is 62.3 Å². The highest BCUT2D eigenvalue weighted by atomic mass is 32.2. The highest BCUT2D eigenvalue weighted by Gasteiger charge is 2.42. The van der Waals surface area contributed by atoms with E-state index in [1.165, 1.54) is 21.6 Å². The van der Waals surface area contributed by atoms with Crippen LogP contribution >= 0.6 is 11.8 Å². The monoisotopic (exact) mass is 1350 g/mol. The number of primary amides is 3. The summed E-state index contributed by atoms with van der Waals surface area (Å²) in [5, 5.41) is 21.1. The third kappa shape index (κ3) is 27.5. The maximum absolute atomic E-state index is 14.7. The fourth-order valence-corrected chi connectivity index (χ4v) is 11.5. The van der Waals surface area contributed by atoms with Crippen LogP contribution < -0.4 is 82.7 Å². The van der Waals surface area contributed by atoms with Crippen molar-refractivity contribution in [1.82, 2.24) is 52.3 Å². The van der Waals surface area contributed by atoms with Gasteiger partial charge >= 0.3 is 0 Å². The molecule has 2 aliphatic heterocycles. The lowest BCUT2D eigenvalue weighted by Crippen LogP contribution is -2.60. The molecule has 0 aliphatic carbocycles. The molecule has 2 fully saturated rings. The Morgan fingerprint density at radius 3 is 1.51 bits per heavy atom. The van der Waals surface area contributed by atoms with E-state index in [0.717, 1.165) is 0 Å². The number of nitrogens with one attached hydrogen (secondary N) is 8. The molecule has 95 heavy (non-hydrogen) atoms. The zero-order valence-electron chi connectivity index (χ0n) is 54.5. The summed E-state index contributed by atoms with van der Waals surface area (Å²) < 4.78 is 0. The van der Waals surface area contributed by atoms with Gasteiger partial charge in [0.2, 0.25) is 76.8 Å². The van der Waals surface area contributed by atoms with Crippen LogP contribution in [0.2, 0.25) is 0 Å². The summed E-state index contributed by atoms with van der Waals surface area (Å²) in [5.74, 6) is -9.80. The molecule has 2 heterocycles. The molecule has 2 aromatic rings. The number of likely N-dealkylation sites (tertiary alicyclic amines) is 2. The first kappa shape index (κ1) is 78.5. The lowest BCUT2D eigenvalue weighted by atomic mass is 10.0. The Balaban J connectivity index is 1.56. The van der Waals surface area contributed by atoms with Gasteiger partial charge in [-0.25, -0.2) is 0 Å². The SMILES string of the molecule is CSCC[C@H](NC(=O)[C@@H](CC(C)C)NC(=O)CNC(=O)[C@@H](Cc1ccccc1)NC(=O)[C@H](Cc1ccccc1)NC(=O)[C@@H](CCC(N)=O)NC(=O)[C@H](CCC(N)=O)NC(=O)[C@H]1CCCN1C(=O)[C@@H](CCCCN)NC(=O)[C@@H]1CCCN1C(=O)[C@@H](N)CCCN=C(N)N)C(N)=O. The first-order valence-electron chi connectivity index (χ1n) is 32.2. The normalized spacial score (nSPS) is 16.8. The zero-order valence-corrected chi connectivity index (χ0v) is 55.3. The molecule has 0 radical (unpaired) electrons. The minimum atomic E-state index is -1.64. The van der Waals surface area contributed by atoms with Crippen molar-refractivity contribution >= 4 is 94.5 Å². The molecule has 0 unspecified atom stereocenters. The second-order valence-electron chi connectivity index (χ2n) is 24.1. The van der Waals surface area contributed by atoms with Gasteiger partial charge in [0.25, 0.3) is 0 Å². The lowest BCUT2D eigenvalue weighted by Gasteiger charge is -2.32. The molecule has 32 heteroatoms. The van der Waals surface area contributed by atoms with Crippen LogP contribution in [0, 0.1) is 5.92 Å². The quantitative estimate of drug-likeness (QED) is 0.0173. The Kier molecular flexibility index (Phi) is 33.9. The number of guanidine groups is 1. The van der Waals surface area contributed by atoms with Crippen LogP contribution in [0.5, 0.6) is 0 Å². The van der Waals surface area contributed by atoms with E-state index >= 15 is 0 Å². The van der Waals surface area contributed by atoms with Gasteiger partial charge in [0.15, 0.2) is 5.96 Å². The summed E-state index contributed by atoms with van der Waals surface area (Å²) in [7, 11) is 0. The van der Waals surface area contributed by atoms with Crippen molar-refractivity contribution in [2.75, 3.05) is 44.7 Å². The number of carbonyl (C=O) groups excluding carboxylic acids is 13. The van der Waals surface area contributed by atoms with Gasteiger partial charge in [0.1, 0.15) is 54.4 Å². The number of hydrogen-bond acceptors (Lipinski definition) is 17. The standard InChI is InChI=1S/C63H98N18O13S/c1-37(2)33-45(57(89)74-41(53(68)85)27-32-95-3)73-52(84)36-72-54(86)46(34-38-15-6-4-7-16-38)78-58(90)47(35-39-17-8-5-9-18-39)79-56(88)42(23-25-50(66)82)75-55(87)43(24-26-51(67)83)76-59(91)49-22-14-31-81(49)62(94)44(20-10-11-28-64)77-60(92)48-21-13-30-80(48)61(93)40(65)19-12-29-71-63(69)70/h4-9,15-18,37,40-49H,10-14,19-36,64-65H2,1-3H3,(H2,66,82)(H2,67,83)(H2,68,85)(H,72,86)(H,73,84)(H,74,89)(H,75,87)(H,76,91)(H,77,92)(H,78,90)(H,79,88)(H4,69,70,71)/t40-,41-,42+,43-,44+,45+,46+,47-,48-,49+/m0/s1. The number of rotatable bonds is 42. The zero-order chi connectivity index (χ0) is 70.1. The molecular weight excluding hydrogens is 1250 g/mol. The Bertz CT molecular complexity index is 2960. The molecule has 22 N–H and O–H groups in total. The van der Waals surface area contributed by atoms with Crippen LogP contribution in [-0.2, 0) is 75.2 Å². The van der Waals surface area contributed by atoms with E-state index in [0.29, 0.717) is 55.4 Å². The molecule has 31 nitrogen and oxygen atoms in total. The predicted molar refractivity (Wildman–Crippen MR) is 356 cm³/mol. The Labute approximate surface area is 558 Å². The van der Waals surface area contributed by atoms with Crippen molar-refractivity contribution in [3.05, 3.63) is 71.8 Å². The number of hydrogen-bond donors (Lipinski definition) is 15. The number of nitrogens with two attached hydrogens (primary N) is 7. The summed E-state index contributed by atoms with van der Waals surface area (Å²) in [6.07, 6.45) is 3.12. The first-order valence-corrected chi connectivity index (χ1v) is 33.6. The van der Waals surface area contributed by atoms with E-state index < -0.39 is 169 Å². The number of nitrogens with zero attached hydrogens (tertiary/aromatic N) is 3. The predicted octanol–water partition coefficient (Wildman–Crippen LogP) is -3.71. The third-order valence-electron chi connectivity index (χ3n) is 16.0. The minimum Gasteiger partial charge on any atom is -0.370 e. The first-order chi connectivity index (χ1) is 45.2. The molecule has 4 rings (SSSR count). The second kappa shape index (κ2) is 41.0. The minimum absolute atomic E-state index is 0.0736. The Morgan fingerprint density at radius 1 is 0.537 bits per heavy atom. The van der Waals surface area contributed by atoms with Crippen molar-refractivity contribution in [3.63, 3.8) is 0 Å². The van der Waals surface area contributed by atoms with Gasteiger partial charge < -0.3 is 92.5 Å². The van der Waals surface area contributed by atoms with Gasteiger partial charge in [0.05, 0.1) is 12.6 Å². The molecule has 0 bridgehead atoms. The van der Waals surface area contributed by atoms with E-state index in [2.05, 4.69) is 47.5 Å². The molecular formula is C63H98N18O13S. The molecule has 13 amide bonds. The number of benzene rings is 2. The molecule has 524 valence electrons. The van der Waals surface area contributed by atoms with Gasteiger partial charge in [-0.2, -0.15) is 11.8 Å². The van der Waals surface area contributed by atoms with Gasteiger partial charge in [-0.3, -0.25) is 67.3 Å². The Hall–Kier alpha value is -8.91. The number of carbonyl (C=O) groups is 13.